The molecule has 62 heavy (non-hydrogen) atoms. The van der Waals surface area contributed by atoms with E-state index in [9.17, 15) is 19.4 Å². The fraction of sp³-hybridized carbons (Fsp3) is 0.981. The summed E-state index contributed by atoms with van der Waals surface area (Å²) in [5.41, 5.74) is 5.39. The molecule has 0 rings (SSSR count). The van der Waals surface area contributed by atoms with Gasteiger partial charge in [-0.2, -0.15) is 0 Å². The Morgan fingerprint density at radius 2 is 0.742 bits per heavy atom. The van der Waals surface area contributed by atoms with Gasteiger partial charge in [-0.05, 0) is 12.8 Å². The molecule has 0 saturated carbocycles. The molecular weight excluding hydrogens is 792 g/mol. The molecule has 0 bridgehead atoms. The van der Waals surface area contributed by atoms with Crippen molar-refractivity contribution in [2.24, 2.45) is 5.73 Å². The summed E-state index contributed by atoms with van der Waals surface area (Å²) >= 11 is 0. The van der Waals surface area contributed by atoms with Crippen molar-refractivity contribution in [3.63, 3.8) is 0 Å². The highest BCUT2D eigenvalue weighted by molar-refractivity contribution is 7.47. The van der Waals surface area contributed by atoms with E-state index in [1.807, 2.05) is 0 Å². The molecule has 0 aliphatic rings. The Balaban J connectivity index is 3.75. The van der Waals surface area contributed by atoms with Crippen molar-refractivity contribution in [1.82, 2.24) is 5.32 Å². The molecule has 0 heterocycles. The number of aliphatic hydroxyl groups is 1. The molecule has 0 spiro atoms. The van der Waals surface area contributed by atoms with Gasteiger partial charge >= 0.3 is 7.82 Å². The van der Waals surface area contributed by atoms with Gasteiger partial charge < -0.3 is 21.1 Å². The SMILES string of the molecule is CCCCCCCCCCCCCCCCCCCCCCCCCCCCCCCCCCC(=O)N[C@@H](COP(=O)(O)OCCN)[C@H](O)CCCCCCCCCCCCC. The van der Waals surface area contributed by atoms with Crippen molar-refractivity contribution in [3.8, 4) is 0 Å². The lowest BCUT2D eigenvalue weighted by Gasteiger charge is -2.25. The van der Waals surface area contributed by atoms with Crippen LogP contribution in [0.25, 0.3) is 0 Å². The highest BCUT2D eigenvalue weighted by Gasteiger charge is 2.27. The first kappa shape index (κ1) is 61.5. The maximum absolute atomic E-state index is 12.8. The predicted octanol–water partition coefficient (Wildman–Crippen LogP) is 16.5. The van der Waals surface area contributed by atoms with Crippen LogP contribution in [0.1, 0.15) is 303 Å². The number of nitrogens with one attached hydrogen (secondary N) is 1. The minimum atomic E-state index is -4.31. The second kappa shape index (κ2) is 49.9. The van der Waals surface area contributed by atoms with E-state index in [1.54, 1.807) is 0 Å². The van der Waals surface area contributed by atoms with Crippen molar-refractivity contribution in [2.75, 3.05) is 19.8 Å². The molecule has 5 N–H and O–H groups in total. The number of hydrogen-bond acceptors (Lipinski definition) is 6. The molecule has 0 aliphatic carbocycles. The number of phosphoric ester groups is 1. The third-order valence-corrected chi connectivity index (χ3v) is 13.9. The minimum absolute atomic E-state index is 0.0925. The normalized spacial score (nSPS) is 13.7. The first-order chi connectivity index (χ1) is 30.4. The Bertz CT molecular complexity index is 942. The van der Waals surface area contributed by atoms with Crippen LogP contribution in [0.15, 0.2) is 0 Å². The molecule has 0 aliphatic heterocycles. The minimum Gasteiger partial charge on any atom is -0.391 e. The second-order valence-electron chi connectivity index (χ2n) is 19.2. The van der Waals surface area contributed by atoms with Crippen molar-refractivity contribution >= 4 is 13.7 Å². The molecule has 372 valence electrons. The number of hydrogen-bond donors (Lipinski definition) is 4. The van der Waals surface area contributed by atoms with Gasteiger partial charge in [0, 0.05) is 13.0 Å². The summed E-state index contributed by atoms with van der Waals surface area (Å²) in [5, 5.41) is 13.8. The molecule has 9 heteroatoms. The van der Waals surface area contributed by atoms with Crippen LogP contribution in [0.3, 0.4) is 0 Å². The molecule has 0 fully saturated rings. The summed E-state index contributed by atoms with van der Waals surface area (Å²) in [6.07, 6.45) is 57.4. The topological polar surface area (TPSA) is 131 Å². The molecule has 1 amide bonds. The lowest BCUT2D eigenvalue weighted by Crippen LogP contribution is -2.46. The van der Waals surface area contributed by atoms with Gasteiger partial charge in [0.25, 0.3) is 0 Å². The summed E-state index contributed by atoms with van der Waals surface area (Å²) in [4.78, 5) is 22.8. The van der Waals surface area contributed by atoms with E-state index in [4.69, 9.17) is 14.8 Å². The van der Waals surface area contributed by atoms with Crippen LogP contribution in [-0.2, 0) is 18.4 Å². The number of rotatable bonds is 53. The number of nitrogens with two attached hydrogens (primary N) is 1. The van der Waals surface area contributed by atoms with Crippen molar-refractivity contribution < 1.29 is 28.4 Å². The smallest absolute Gasteiger partial charge is 0.391 e. The maximum Gasteiger partial charge on any atom is 0.472 e. The zero-order valence-corrected chi connectivity index (χ0v) is 42.5. The largest absolute Gasteiger partial charge is 0.472 e. The van der Waals surface area contributed by atoms with Crippen LogP contribution in [0, 0.1) is 0 Å². The zero-order valence-electron chi connectivity index (χ0n) is 41.6. The third kappa shape index (κ3) is 47.5. The summed E-state index contributed by atoms with van der Waals surface area (Å²) < 4.78 is 22.2. The molecule has 0 aromatic heterocycles. The maximum atomic E-state index is 12.8. The first-order valence-corrected chi connectivity index (χ1v) is 29.1. The van der Waals surface area contributed by atoms with Crippen LogP contribution >= 0.6 is 7.82 Å². The number of aliphatic hydroxyl groups excluding tert-OH is 1. The predicted molar refractivity (Wildman–Crippen MR) is 268 cm³/mol. The molecular formula is C53H109N2O6P. The van der Waals surface area contributed by atoms with E-state index in [0.717, 1.165) is 38.5 Å². The van der Waals surface area contributed by atoms with Crippen molar-refractivity contribution in [2.45, 2.75) is 315 Å². The van der Waals surface area contributed by atoms with Crippen LogP contribution in [0.5, 0.6) is 0 Å². The van der Waals surface area contributed by atoms with Gasteiger partial charge in [-0.15, -0.1) is 0 Å². The third-order valence-electron chi connectivity index (χ3n) is 13.0. The molecule has 8 nitrogen and oxygen atoms in total. The van der Waals surface area contributed by atoms with Gasteiger partial charge in [-0.1, -0.05) is 284 Å². The average molecular weight is 901 g/mol. The highest BCUT2D eigenvalue weighted by Crippen LogP contribution is 2.43. The van der Waals surface area contributed by atoms with Crippen LogP contribution in [0.2, 0.25) is 0 Å². The van der Waals surface area contributed by atoms with E-state index in [1.165, 1.54) is 238 Å². The van der Waals surface area contributed by atoms with Gasteiger partial charge in [-0.25, -0.2) is 4.57 Å². The summed E-state index contributed by atoms with van der Waals surface area (Å²) in [7, 11) is -4.31. The van der Waals surface area contributed by atoms with Gasteiger partial charge in [-0.3, -0.25) is 13.8 Å². The van der Waals surface area contributed by atoms with Crippen LogP contribution in [-0.4, -0.2) is 47.8 Å². The van der Waals surface area contributed by atoms with E-state index in [0.29, 0.717) is 12.8 Å². The lowest BCUT2D eigenvalue weighted by atomic mass is 10.0. The van der Waals surface area contributed by atoms with E-state index < -0.39 is 20.0 Å². The number of carbonyl (C=O) groups is 1. The summed E-state index contributed by atoms with van der Waals surface area (Å²) in [6, 6.07) is -0.768. The monoisotopic (exact) mass is 901 g/mol. The van der Waals surface area contributed by atoms with Gasteiger partial charge in [0.05, 0.1) is 25.4 Å². The molecule has 0 aromatic carbocycles. The van der Waals surface area contributed by atoms with Crippen molar-refractivity contribution in [3.05, 3.63) is 0 Å². The second-order valence-corrected chi connectivity index (χ2v) is 20.6. The standard InChI is InChI=1S/C53H109N2O6P/c1-3-5-7-9-11-13-15-16-17-18-19-20-21-22-23-24-25-26-27-28-29-30-31-32-33-34-35-37-39-41-43-45-47-53(57)55-51(50-61-62(58,59)60-49-48-54)52(56)46-44-42-40-38-36-14-12-10-8-6-4-2/h51-52,56H,3-50,54H2,1-2H3,(H,55,57)(H,58,59)/t51-,52+/m0/s1. The van der Waals surface area contributed by atoms with Crippen LogP contribution < -0.4 is 11.1 Å². The average Bonchev–Trinajstić information content (AvgIpc) is 3.26. The molecule has 3 atom stereocenters. The Morgan fingerprint density at radius 1 is 0.468 bits per heavy atom. The van der Waals surface area contributed by atoms with Crippen molar-refractivity contribution in [1.29, 1.82) is 0 Å². The molecule has 1 unspecified atom stereocenters. The van der Waals surface area contributed by atoms with Gasteiger partial charge in [0.1, 0.15) is 0 Å². The Hall–Kier alpha value is -0.500. The fourth-order valence-corrected chi connectivity index (χ4v) is 9.55. The van der Waals surface area contributed by atoms with E-state index in [2.05, 4.69) is 19.2 Å². The lowest BCUT2D eigenvalue weighted by molar-refractivity contribution is -0.123. The number of amides is 1. The molecule has 0 saturated heterocycles. The van der Waals surface area contributed by atoms with E-state index >= 15 is 0 Å². The molecule has 0 aromatic rings. The zero-order chi connectivity index (χ0) is 45.3. The number of carbonyl (C=O) groups excluding carboxylic acids is 1. The summed E-state index contributed by atoms with van der Waals surface area (Å²) in [5.74, 6) is -0.155. The fourth-order valence-electron chi connectivity index (χ4n) is 8.79. The van der Waals surface area contributed by atoms with Crippen LogP contribution in [0.4, 0.5) is 0 Å². The quantitative estimate of drug-likeness (QED) is 0.0353. The Labute approximate surface area is 386 Å². The van der Waals surface area contributed by atoms with Gasteiger partial charge in [0.15, 0.2) is 0 Å². The Morgan fingerprint density at radius 3 is 1.03 bits per heavy atom. The highest BCUT2D eigenvalue weighted by atomic mass is 31.2. The molecule has 0 radical (unpaired) electrons. The number of unbranched alkanes of at least 4 members (excludes halogenated alkanes) is 41. The summed E-state index contributed by atoms with van der Waals surface area (Å²) in [6.45, 7) is 4.24. The van der Waals surface area contributed by atoms with Gasteiger partial charge in [0.2, 0.25) is 5.91 Å². The van der Waals surface area contributed by atoms with E-state index in [-0.39, 0.29) is 25.7 Å². The number of phosphoric acid groups is 1. The Kier molecular flexibility index (Phi) is 49.5. The first-order valence-electron chi connectivity index (χ1n) is 27.7.